The van der Waals surface area contributed by atoms with Crippen LogP contribution in [0.15, 0.2) is 42.5 Å². The summed E-state index contributed by atoms with van der Waals surface area (Å²) in [4.78, 5) is 1.90. The summed E-state index contributed by atoms with van der Waals surface area (Å²) in [6, 6.07) is 11.6. The van der Waals surface area contributed by atoms with Crippen LogP contribution in [0.25, 0.3) is 0 Å². The lowest BCUT2D eigenvalue weighted by Crippen LogP contribution is -2.17. The highest BCUT2D eigenvalue weighted by molar-refractivity contribution is 6.31. The zero-order valence-electron chi connectivity index (χ0n) is 11.0. The molecule has 2 rings (SSSR count). The first-order valence-electron chi connectivity index (χ1n) is 6.07. The molecule has 2 aromatic rings. The number of amidine groups is 1. The van der Waals surface area contributed by atoms with Gasteiger partial charge in [-0.15, -0.1) is 0 Å². The van der Waals surface area contributed by atoms with E-state index in [-0.39, 0.29) is 11.7 Å². The molecular weight excluding hydrogens is 277 g/mol. The van der Waals surface area contributed by atoms with E-state index in [1.165, 1.54) is 12.1 Å². The van der Waals surface area contributed by atoms with Crippen LogP contribution in [0.2, 0.25) is 5.02 Å². The predicted molar refractivity (Wildman–Crippen MR) is 81.0 cm³/mol. The quantitative estimate of drug-likeness (QED) is 0.670. The Labute approximate surface area is 122 Å². The highest BCUT2D eigenvalue weighted by atomic mass is 35.5. The second kappa shape index (κ2) is 5.92. The smallest absolute Gasteiger partial charge is 0.125 e. The van der Waals surface area contributed by atoms with E-state index < -0.39 is 0 Å². The normalized spacial score (nSPS) is 10.3. The minimum atomic E-state index is -0.271. The highest BCUT2D eigenvalue weighted by Crippen LogP contribution is 2.22. The van der Waals surface area contributed by atoms with Crippen LogP contribution in [0, 0.1) is 11.2 Å². The van der Waals surface area contributed by atoms with E-state index in [0.717, 1.165) is 11.3 Å². The van der Waals surface area contributed by atoms with Crippen LogP contribution in [0.3, 0.4) is 0 Å². The monoisotopic (exact) mass is 291 g/mol. The van der Waals surface area contributed by atoms with Gasteiger partial charge in [-0.3, -0.25) is 5.41 Å². The van der Waals surface area contributed by atoms with Gasteiger partial charge in [0.25, 0.3) is 0 Å². The maximum absolute atomic E-state index is 13.2. The van der Waals surface area contributed by atoms with Gasteiger partial charge in [0, 0.05) is 29.9 Å². The molecule has 0 spiro atoms. The van der Waals surface area contributed by atoms with Gasteiger partial charge in [0.1, 0.15) is 11.7 Å². The molecule has 0 aromatic heterocycles. The molecule has 0 aliphatic rings. The van der Waals surface area contributed by atoms with Gasteiger partial charge in [-0.2, -0.15) is 0 Å². The fourth-order valence-corrected chi connectivity index (χ4v) is 2.14. The third kappa shape index (κ3) is 3.27. The number of nitrogens with one attached hydrogen (secondary N) is 1. The first kappa shape index (κ1) is 14.3. The van der Waals surface area contributed by atoms with E-state index in [2.05, 4.69) is 0 Å². The van der Waals surface area contributed by atoms with Crippen molar-refractivity contribution in [2.45, 2.75) is 6.54 Å². The van der Waals surface area contributed by atoms with Crippen LogP contribution in [-0.2, 0) is 6.54 Å². The van der Waals surface area contributed by atoms with Gasteiger partial charge in [-0.25, -0.2) is 4.39 Å². The summed E-state index contributed by atoms with van der Waals surface area (Å²) in [6.07, 6.45) is 0. The molecule has 0 saturated carbocycles. The Bertz CT molecular complexity index is 643. The van der Waals surface area contributed by atoms with Crippen molar-refractivity contribution in [2.24, 2.45) is 5.73 Å². The number of nitrogens with two attached hydrogens (primary N) is 1. The van der Waals surface area contributed by atoms with Crippen LogP contribution >= 0.6 is 11.6 Å². The summed E-state index contributed by atoms with van der Waals surface area (Å²) in [5.41, 5.74) is 7.67. The van der Waals surface area contributed by atoms with Gasteiger partial charge in [0.2, 0.25) is 0 Å². The van der Waals surface area contributed by atoms with Crippen molar-refractivity contribution in [1.29, 1.82) is 5.41 Å². The molecule has 0 unspecified atom stereocenters. The average Bonchev–Trinajstić information content (AvgIpc) is 2.40. The Kier molecular flexibility index (Phi) is 4.25. The second-order valence-corrected chi connectivity index (χ2v) is 4.96. The first-order chi connectivity index (χ1) is 9.47. The molecule has 5 heteroatoms. The zero-order chi connectivity index (χ0) is 14.7. The molecule has 3 nitrogen and oxygen atoms in total. The summed E-state index contributed by atoms with van der Waals surface area (Å²) in [5.74, 6) is -0.288. The summed E-state index contributed by atoms with van der Waals surface area (Å²) >= 11 is 6.18. The molecule has 0 aliphatic carbocycles. The fourth-order valence-electron chi connectivity index (χ4n) is 1.90. The van der Waals surface area contributed by atoms with E-state index in [1.807, 2.05) is 24.1 Å². The van der Waals surface area contributed by atoms with E-state index >= 15 is 0 Å². The van der Waals surface area contributed by atoms with Crippen molar-refractivity contribution >= 4 is 23.1 Å². The van der Waals surface area contributed by atoms with Crippen molar-refractivity contribution in [3.8, 4) is 0 Å². The van der Waals surface area contributed by atoms with Crippen molar-refractivity contribution in [1.82, 2.24) is 0 Å². The van der Waals surface area contributed by atoms with Crippen molar-refractivity contribution in [2.75, 3.05) is 11.9 Å². The topological polar surface area (TPSA) is 53.1 Å². The third-order valence-electron chi connectivity index (χ3n) is 3.02. The predicted octanol–water partition coefficient (Wildman–Crippen LogP) is 3.40. The van der Waals surface area contributed by atoms with Crippen LogP contribution in [0.5, 0.6) is 0 Å². The Hall–Kier alpha value is -2.07. The standard InChI is InChI=1S/C15H15ClFN3/c1-20(13-4-2-3-12(17)8-13)9-11-6-5-10(15(18)19)7-14(11)16/h2-8H,9H2,1H3,(H3,18,19). The number of rotatable bonds is 4. The molecule has 0 radical (unpaired) electrons. The van der Waals surface area contributed by atoms with Crippen molar-refractivity contribution in [3.05, 3.63) is 64.4 Å². The molecule has 0 atom stereocenters. The maximum atomic E-state index is 13.2. The molecule has 104 valence electrons. The molecule has 0 bridgehead atoms. The average molecular weight is 292 g/mol. The molecule has 0 amide bonds. The number of benzene rings is 2. The van der Waals surface area contributed by atoms with Crippen LogP contribution in [-0.4, -0.2) is 12.9 Å². The van der Waals surface area contributed by atoms with Crippen molar-refractivity contribution < 1.29 is 4.39 Å². The maximum Gasteiger partial charge on any atom is 0.125 e. The number of hydrogen-bond donors (Lipinski definition) is 2. The lowest BCUT2D eigenvalue weighted by Gasteiger charge is -2.20. The van der Waals surface area contributed by atoms with Gasteiger partial charge < -0.3 is 10.6 Å². The Morgan fingerprint density at radius 3 is 2.65 bits per heavy atom. The molecule has 3 N–H and O–H groups in total. The van der Waals surface area contributed by atoms with E-state index in [1.54, 1.807) is 18.2 Å². The fraction of sp³-hybridized carbons (Fsp3) is 0.133. The highest BCUT2D eigenvalue weighted by Gasteiger charge is 2.08. The minimum Gasteiger partial charge on any atom is -0.384 e. The minimum absolute atomic E-state index is 0.0167. The van der Waals surface area contributed by atoms with E-state index in [4.69, 9.17) is 22.7 Å². The van der Waals surface area contributed by atoms with Gasteiger partial charge in [0.15, 0.2) is 0 Å². The lowest BCUT2D eigenvalue weighted by molar-refractivity contribution is 0.627. The number of nitrogens with zero attached hydrogens (tertiary/aromatic N) is 1. The molecule has 20 heavy (non-hydrogen) atoms. The number of halogens is 2. The summed E-state index contributed by atoms with van der Waals surface area (Å²) < 4.78 is 13.2. The van der Waals surface area contributed by atoms with Gasteiger partial charge in [0.05, 0.1) is 0 Å². The molecular formula is C15H15ClFN3. The van der Waals surface area contributed by atoms with Crippen molar-refractivity contribution in [3.63, 3.8) is 0 Å². The zero-order valence-corrected chi connectivity index (χ0v) is 11.8. The second-order valence-electron chi connectivity index (χ2n) is 4.56. The van der Waals surface area contributed by atoms with Gasteiger partial charge in [-0.05, 0) is 29.8 Å². The largest absolute Gasteiger partial charge is 0.384 e. The Balaban J connectivity index is 2.19. The first-order valence-corrected chi connectivity index (χ1v) is 6.44. The number of nitrogen functional groups attached to an aromatic ring is 1. The van der Waals surface area contributed by atoms with E-state index in [0.29, 0.717) is 17.1 Å². The Morgan fingerprint density at radius 1 is 1.30 bits per heavy atom. The SMILES string of the molecule is CN(Cc1ccc(C(=N)N)cc1Cl)c1cccc(F)c1. The molecule has 2 aromatic carbocycles. The van der Waals surface area contributed by atoms with E-state index in [9.17, 15) is 4.39 Å². The summed E-state index contributed by atoms with van der Waals surface area (Å²) in [7, 11) is 1.87. The number of hydrogen-bond acceptors (Lipinski definition) is 2. The van der Waals surface area contributed by atoms with Crippen LogP contribution in [0.1, 0.15) is 11.1 Å². The molecule has 0 fully saturated rings. The third-order valence-corrected chi connectivity index (χ3v) is 3.37. The van der Waals surface area contributed by atoms with Crippen LogP contribution in [0.4, 0.5) is 10.1 Å². The Morgan fingerprint density at radius 2 is 2.05 bits per heavy atom. The van der Waals surface area contributed by atoms with Gasteiger partial charge in [-0.1, -0.05) is 29.8 Å². The molecule has 0 aliphatic heterocycles. The van der Waals surface area contributed by atoms with Gasteiger partial charge >= 0.3 is 0 Å². The molecule has 0 saturated heterocycles. The van der Waals surface area contributed by atoms with Crippen LogP contribution < -0.4 is 10.6 Å². The lowest BCUT2D eigenvalue weighted by atomic mass is 10.1. The summed E-state index contributed by atoms with van der Waals surface area (Å²) in [6.45, 7) is 0.542. The molecule has 0 heterocycles. The number of anilines is 1. The summed E-state index contributed by atoms with van der Waals surface area (Å²) in [5, 5.41) is 7.91.